The molecular weight excluding hydrogens is 458 g/mol. The first-order valence-corrected chi connectivity index (χ1v) is 12.0. The van der Waals surface area contributed by atoms with Crippen LogP contribution in [0.15, 0.2) is 77.2 Å². The number of fused-ring (bicyclic) bond motifs is 5. The largest absolute Gasteiger partial charge is 0.454 e. The van der Waals surface area contributed by atoms with Gasteiger partial charge in [0.2, 0.25) is 6.79 Å². The number of carbonyl (C=O) groups excluding carboxylic acids is 2. The molecule has 4 heterocycles. The Morgan fingerprint density at radius 3 is 2.61 bits per heavy atom. The number of aromatic nitrogens is 1. The molecule has 8 heteroatoms. The lowest BCUT2D eigenvalue weighted by Gasteiger charge is -2.43. The van der Waals surface area contributed by atoms with Crippen LogP contribution in [-0.2, 0) is 11.3 Å². The summed E-state index contributed by atoms with van der Waals surface area (Å²) in [6, 6.07) is 19.5. The molecule has 8 nitrogen and oxygen atoms in total. The Balaban J connectivity index is 1.31. The van der Waals surface area contributed by atoms with Crippen LogP contribution < -0.4 is 20.3 Å². The molecule has 0 radical (unpaired) electrons. The van der Waals surface area contributed by atoms with E-state index in [0.29, 0.717) is 42.3 Å². The zero-order valence-electron chi connectivity index (χ0n) is 19.6. The number of hydrogen-bond donors (Lipinski definition) is 1. The molecular formula is C28H25N3O5. The SMILES string of the molecule is O=C(NC(=Cc1ccc2c(c1)OCO2)C(=O)N1C[C@H]2C[C@H](C1)c1cccc(=O)n1C2)c1ccccc1. The molecule has 36 heavy (non-hydrogen) atoms. The van der Waals surface area contributed by atoms with Gasteiger partial charge in [0.25, 0.3) is 17.4 Å². The average molecular weight is 484 g/mol. The summed E-state index contributed by atoms with van der Waals surface area (Å²) in [5.41, 5.74) is 2.33. The summed E-state index contributed by atoms with van der Waals surface area (Å²) in [6.45, 7) is 1.75. The maximum atomic E-state index is 13.8. The minimum Gasteiger partial charge on any atom is -0.454 e. The molecule has 0 unspecified atom stereocenters. The van der Waals surface area contributed by atoms with Gasteiger partial charge in [0.05, 0.1) is 0 Å². The number of nitrogens with one attached hydrogen (secondary N) is 1. The van der Waals surface area contributed by atoms with Crippen molar-refractivity contribution in [1.82, 2.24) is 14.8 Å². The second-order valence-electron chi connectivity index (χ2n) is 9.40. The quantitative estimate of drug-likeness (QED) is 0.577. The fraction of sp³-hybridized carbons (Fsp3) is 0.250. The van der Waals surface area contributed by atoms with Gasteiger partial charge in [-0.15, -0.1) is 0 Å². The first-order valence-electron chi connectivity index (χ1n) is 12.0. The zero-order valence-corrected chi connectivity index (χ0v) is 19.6. The van der Waals surface area contributed by atoms with Gasteiger partial charge in [-0.3, -0.25) is 14.4 Å². The van der Waals surface area contributed by atoms with Gasteiger partial charge in [0.15, 0.2) is 11.5 Å². The zero-order chi connectivity index (χ0) is 24.6. The molecule has 182 valence electrons. The maximum absolute atomic E-state index is 13.8. The summed E-state index contributed by atoms with van der Waals surface area (Å²) >= 11 is 0. The molecule has 0 aliphatic carbocycles. The number of rotatable bonds is 4. The topological polar surface area (TPSA) is 89.9 Å². The van der Waals surface area contributed by atoms with Crippen molar-refractivity contribution in [3.8, 4) is 11.5 Å². The second kappa shape index (κ2) is 9.03. The van der Waals surface area contributed by atoms with E-state index in [2.05, 4.69) is 5.32 Å². The Kier molecular flexibility index (Phi) is 5.56. The van der Waals surface area contributed by atoms with Crippen LogP contribution in [0.4, 0.5) is 0 Å². The van der Waals surface area contributed by atoms with Crippen LogP contribution in [0.3, 0.4) is 0 Å². The van der Waals surface area contributed by atoms with Gasteiger partial charge < -0.3 is 24.3 Å². The van der Waals surface area contributed by atoms with Crippen molar-refractivity contribution in [3.63, 3.8) is 0 Å². The lowest BCUT2D eigenvalue weighted by molar-refractivity contribution is -0.130. The van der Waals surface area contributed by atoms with Crippen molar-refractivity contribution in [1.29, 1.82) is 0 Å². The predicted molar refractivity (Wildman–Crippen MR) is 133 cm³/mol. The minimum absolute atomic E-state index is 0.000457. The highest BCUT2D eigenvalue weighted by Gasteiger charge is 2.37. The van der Waals surface area contributed by atoms with E-state index in [4.69, 9.17) is 9.47 Å². The molecule has 1 saturated heterocycles. The molecule has 1 fully saturated rings. The normalized spacial score (nSPS) is 20.0. The lowest BCUT2D eigenvalue weighted by atomic mass is 9.83. The van der Waals surface area contributed by atoms with Crippen molar-refractivity contribution in [2.45, 2.75) is 18.9 Å². The standard InChI is InChI=1S/C28H25N3O5/c32-26-8-4-7-23-21-11-19(15-31(23)26)14-30(16-21)28(34)22(29-27(33)20-5-2-1-3-6-20)12-18-9-10-24-25(13-18)36-17-35-24/h1-10,12-13,19,21H,11,14-17H2,(H,29,33)/t19-,21-/m1/s1. The lowest BCUT2D eigenvalue weighted by Crippen LogP contribution is -2.50. The predicted octanol–water partition coefficient (Wildman–Crippen LogP) is 2.99. The third-order valence-corrected chi connectivity index (χ3v) is 6.99. The van der Waals surface area contributed by atoms with Crippen molar-refractivity contribution in [3.05, 3.63) is 99.6 Å². The van der Waals surface area contributed by atoms with Gasteiger partial charge in [-0.1, -0.05) is 30.3 Å². The van der Waals surface area contributed by atoms with Crippen LogP contribution in [0.25, 0.3) is 6.08 Å². The molecule has 0 spiro atoms. The first-order chi connectivity index (χ1) is 17.5. The highest BCUT2D eigenvalue weighted by molar-refractivity contribution is 6.05. The molecule has 3 aromatic rings. The van der Waals surface area contributed by atoms with Gasteiger partial charge in [-0.2, -0.15) is 0 Å². The first kappa shape index (κ1) is 22.2. The second-order valence-corrected chi connectivity index (χ2v) is 9.40. The average Bonchev–Trinajstić information content (AvgIpc) is 3.37. The third-order valence-electron chi connectivity index (χ3n) is 6.99. The molecule has 0 saturated carbocycles. The Hall–Kier alpha value is -4.33. The molecule has 3 aliphatic rings. The van der Waals surface area contributed by atoms with E-state index in [1.807, 2.05) is 22.8 Å². The highest BCUT2D eigenvalue weighted by Crippen LogP contribution is 2.36. The van der Waals surface area contributed by atoms with Crippen LogP contribution in [0.1, 0.15) is 34.0 Å². The number of nitrogens with zero attached hydrogens (tertiary/aromatic N) is 2. The Morgan fingerprint density at radius 1 is 0.917 bits per heavy atom. The number of carbonyl (C=O) groups is 2. The third kappa shape index (κ3) is 4.15. The van der Waals surface area contributed by atoms with E-state index in [9.17, 15) is 14.4 Å². The Labute approximate surface area is 207 Å². The van der Waals surface area contributed by atoms with E-state index in [-0.39, 0.29) is 41.7 Å². The number of pyridine rings is 1. The Morgan fingerprint density at radius 2 is 1.75 bits per heavy atom. The molecule has 2 atom stereocenters. The summed E-state index contributed by atoms with van der Waals surface area (Å²) in [7, 11) is 0. The van der Waals surface area contributed by atoms with Gasteiger partial charge in [-0.05, 0) is 54.3 Å². The fourth-order valence-electron chi connectivity index (χ4n) is 5.34. The van der Waals surface area contributed by atoms with E-state index in [0.717, 1.165) is 12.1 Å². The van der Waals surface area contributed by atoms with Gasteiger partial charge in [-0.25, -0.2) is 0 Å². The summed E-state index contributed by atoms with van der Waals surface area (Å²) in [5.74, 6) is 0.887. The maximum Gasteiger partial charge on any atom is 0.270 e. The summed E-state index contributed by atoms with van der Waals surface area (Å²) < 4.78 is 12.7. The van der Waals surface area contributed by atoms with Gasteiger partial charge in [0, 0.05) is 42.9 Å². The minimum atomic E-state index is -0.356. The fourth-order valence-corrected chi connectivity index (χ4v) is 5.34. The van der Waals surface area contributed by atoms with Gasteiger partial charge in [0.1, 0.15) is 5.70 Å². The van der Waals surface area contributed by atoms with Gasteiger partial charge >= 0.3 is 0 Å². The molecule has 2 amide bonds. The van der Waals surface area contributed by atoms with Crippen LogP contribution >= 0.6 is 0 Å². The molecule has 2 bridgehead atoms. The van der Waals surface area contributed by atoms with Crippen molar-refractivity contribution >= 4 is 17.9 Å². The smallest absolute Gasteiger partial charge is 0.270 e. The van der Waals surface area contributed by atoms with E-state index in [1.165, 1.54) is 0 Å². The molecule has 1 N–H and O–H groups in total. The van der Waals surface area contributed by atoms with Crippen LogP contribution in [0.2, 0.25) is 0 Å². The van der Waals surface area contributed by atoms with E-state index < -0.39 is 0 Å². The number of piperidine rings is 1. The summed E-state index contributed by atoms with van der Waals surface area (Å²) in [4.78, 5) is 41.0. The van der Waals surface area contributed by atoms with Crippen LogP contribution in [-0.4, -0.2) is 41.2 Å². The number of ether oxygens (including phenoxy) is 2. The van der Waals surface area contributed by atoms with Crippen molar-refractivity contribution < 1.29 is 19.1 Å². The number of hydrogen-bond acceptors (Lipinski definition) is 5. The molecule has 6 rings (SSSR count). The molecule has 2 aromatic carbocycles. The number of benzene rings is 2. The van der Waals surface area contributed by atoms with Crippen molar-refractivity contribution in [2.75, 3.05) is 19.9 Å². The van der Waals surface area contributed by atoms with Crippen LogP contribution in [0.5, 0.6) is 11.5 Å². The number of amides is 2. The van der Waals surface area contributed by atoms with Crippen LogP contribution in [0, 0.1) is 5.92 Å². The number of likely N-dealkylation sites (tertiary alicyclic amines) is 1. The van der Waals surface area contributed by atoms with Crippen molar-refractivity contribution in [2.24, 2.45) is 5.92 Å². The summed E-state index contributed by atoms with van der Waals surface area (Å²) in [5, 5.41) is 2.84. The Bertz CT molecular complexity index is 1430. The molecule has 3 aliphatic heterocycles. The van der Waals surface area contributed by atoms with E-state index in [1.54, 1.807) is 59.5 Å². The monoisotopic (exact) mass is 483 g/mol. The highest BCUT2D eigenvalue weighted by atomic mass is 16.7. The molecule has 1 aromatic heterocycles. The summed E-state index contributed by atoms with van der Waals surface area (Å²) in [6.07, 6.45) is 2.61. The van der Waals surface area contributed by atoms with E-state index >= 15 is 0 Å².